The highest BCUT2D eigenvalue weighted by Gasteiger charge is 2.08. The van der Waals surface area contributed by atoms with E-state index < -0.39 is 0 Å². The van der Waals surface area contributed by atoms with Gasteiger partial charge in [-0.2, -0.15) is 0 Å². The number of halogens is 1. The molecule has 1 aromatic heterocycles. The molecular formula is C14H11FN2O. The van der Waals surface area contributed by atoms with Crippen molar-refractivity contribution in [3.05, 3.63) is 53.8 Å². The van der Waals surface area contributed by atoms with Crippen LogP contribution in [0, 0.1) is 5.82 Å². The van der Waals surface area contributed by atoms with Crippen molar-refractivity contribution in [1.29, 1.82) is 0 Å². The number of aromatic nitrogens is 1. The predicted molar refractivity (Wildman–Crippen MR) is 67.3 cm³/mol. The maximum Gasteiger partial charge on any atom is 0.227 e. The van der Waals surface area contributed by atoms with Crippen LogP contribution in [-0.4, -0.2) is 4.98 Å². The van der Waals surface area contributed by atoms with Gasteiger partial charge in [-0.15, -0.1) is 0 Å². The first-order chi connectivity index (χ1) is 8.76. The Bertz CT molecular complexity index is 689. The molecule has 0 radical (unpaired) electrons. The van der Waals surface area contributed by atoms with Gasteiger partial charge in [-0.3, -0.25) is 0 Å². The van der Waals surface area contributed by atoms with Crippen LogP contribution in [0.4, 0.5) is 4.39 Å². The van der Waals surface area contributed by atoms with Crippen molar-refractivity contribution in [2.45, 2.75) is 6.54 Å². The highest BCUT2D eigenvalue weighted by Crippen LogP contribution is 2.24. The second-order valence-corrected chi connectivity index (χ2v) is 4.03. The average molecular weight is 242 g/mol. The van der Waals surface area contributed by atoms with Gasteiger partial charge in [-0.1, -0.05) is 12.1 Å². The van der Waals surface area contributed by atoms with Gasteiger partial charge in [0.05, 0.1) is 0 Å². The molecule has 3 aromatic rings. The first-order valence-corrected chi connectivity index (χ1v) is 5.62. The number of nitrogens with two attached hydrogens (primary N) is 1. The number of hydrogen-bond donors (Lipinski definition) is 1. The van der Waals surface area contributed by atoms with Crippen molar-refractivity contribution < 1.29 is 8.81 Å². The molecule has 18 heavy (non-hydrogen) atoms. The van der Waals surface area contributed by atoms with Crippen molar-refractivity contribution in [2.24, 2.45) is 5.73 Å². The third-order valence-corrected chi connectivity index (χ3v) is 2.79. The fourth-order valence-corrected chi connectivity index (χ4v) is 1.81. The lowest BCUT2D eigenvalue weighted by molar-refractivity contribution is 0.614. The van der Waals surface area contributed by atoms with E-state index in [0.717, 1.165) is 11.1 Å². The van der Waals surface area contributed by atoms with Crippen LogP contribution >= 0.6 is 0 Å². The largest absolute Gasteiger partial charge is 0.436 e. The molecule has 0 saturated heterocycles. The Morgan fingerprint density at radius 1 is 1.11 bits per heavy atom. The van der Waals surface area contributed by atoms with Crippen LogP contribution in [-0.2, 0) is 6.54 Å². The van der Waals surface area contributed by atoms with E-state index in [9.17, 15) is 4.39 Å². The van der Waals surface area contributed by atoms with E-state index in [1.807, 2.05) is 24.3 Å². The van der Waals surface area contributed by atoms with Gasteiger partial charge in [0.15, 0.2) is 5.58 Å². The minimum absolute atomic E-state index is 0.319. The Balaban J connectivity index is 2.07. The minimum atomic E-state index is -0.319. The summed E-state index contributed by atoms with van der Waals surface area (Å²) in [6, 6.07) is 11.9. The Morgan fingerprint density at radius 3 is 2.61 bits per heavy atom. The van der Waals surface area contributed by atoms with E-state index in [1.54, 1.807) is 6.07 Å². The molecular weight excluding hydrogens is 231 g/mol. The van der Waals surface area contributed by atoms with Crippen molar-refractivity contribution in [3.63, 3.8) is 0 Å². The van der Waals surface area contributed by atoms with Gasteiger partial charge >= 0.3 is 0 Å². The molecule has 90 valence electrons. The first kappa shape index (κ1) is 10.9. The molecule has 0 aliphatic heterocycles. The summed E-state index contributed by atoms with van der Waals surface area (Å²) < 4.78 is 18.6. The third kappa shape index (κ3) is 1.87. The molecule has 0 aliphatic rings. The van der Waals surface area contributed by atoms with E-state index in [0.29, 0.717) is 23.5 Å². The summed E-state index contributed by atoms with van der Waals surface area (Å²) in [4.78, 5) is 4.26. The standard InChI is InChI=1S/C14H11FN2O/c15-11-5-6-13-12(7-11)17-14(18-13)10-3-1-9(8-16)2-4-10/h1-7H,8,16H2. The molecule has 2 N–H and O–H groups in total. The number of nitrogens with zero attached hydrogens (tertiary/aromatic N) is 1. The van der Waals surface area contributed by atoms with Gasteiger partial charge in [0.1, 0.15) is 11.3 Å². The number of rotatable bonds is 2. The van der Waals surface area contributed by atoms with Crippen LogP contribution in [0.3, 0.4) is 0 Å². The zero-order valence-electron chi connectivity index (χ0n) is 9.56. The van der Waals surface area contributed by atoms with Crippen molar-refractivity contribution in [2.75, 3.05) is 0 Å². The topological polar surface area (TPSA) is 52.0 Å². The highest BCUT2D eigenvalue weighted by atomic mass is 19.1. The lowest BCUT2D eigenvalue weighted by Gasteiger charge is -1.97. The predicted octanol–water partition coefficient (Wildman–Crippen LogP) is 3.09. The van der Waals surface area contributed by atoms with Gasteiger partial charge in [-0.05, 0) is 29.8 Å². The summed E-state index contributed by atoms with van der Waals surface area (Å²) in [6.07, 6.45) is 0. The molecule has 2 aromatic carbocycles. The number of oxazole rings is 1. The lowest BCUT2D eigenvalue weighted by atomic mass is 10.1. The Morgan fingerprint density at radius 2 is 1.89 bits per heavy atom. The number of benzene rings is 2. The third-order valence-electron chi connectivity index (χ3n) is 2.79. The molecule has 0 amide bonds. The van der Waals surface area contributed by atoms with Crippen molar-refractivity contribution in [3.8, 4) is 11.5 Å². The molecule has 3 nitrogen and oxygen atoms in total. The molecule has 0 fully saturated rings. The zero-order valence-corrected chi connectivity index (χ0v) is 9.56. The molecule has 0 saturated carbocycles. The number of fused-ring (bicyclic) bond motifs is 1. The quantitative estimate of drug-likeness (QED) is 0.751. The van der Waals surface area contributed by atoms with Crippen molar-refractivity contribution >= 4 is 11.1 Å². The molecule has 0 unspecified atom stereocenters. The average Bonchev–Trinajstić information content (AvgIpc) is 2.81. The van der Waals surface area contributed by atoms with Crippen LogP contribution in [0.5, 0.6) is 0 Å². The van der Waals surface area contributed by atoms with Gasteiger partial charge in [0.25, 0.3) is 0 Å². The Hall–Kier alpha value is -2.20. The fourth-order valence-electron chi connectivity index (χ4n) is 1.81. The molecule has 0 atom stereocenters. The maximum absolute atomic E-state index is 13.1. The summed E-state index contributed by atoms with van der Waals surface area (Å²) in [5.74, 6) is 0.167. The summed E-state index contributed by atoms with van der Waals surface area (Å²) in [5, 5.41) is 0. The normalized spacial score (nSPS) is 11.0. The number of hydrogen-bond acceptors (Lipinski definition) is 3. The zero-order chi connectivity index (χ0) is 12.5. The van der Waals surface area contributed by atoms with E-state index in [-0.39, 0.29) is 5.82 Å². The highest BCUT2D eigenvalue weighted by molar-refractivity contribution is 5.76. The van der Waals surface area contributed by atoms with E-state index >= 15 is 0 Å². The van der Waals surface area contributed by atoms with E-state index in [2.05, 4.69) is 4.98 Å². The van der Waals surface area contributed by atoms with Crippen LogP contribution < -0.4 is 5.73 Å². The van der Waals surface area contributed by atoms with Gasteiger partial charge in [-0.25, -0.2) is 9.37 Å². The second kappa shape index (κ2) is 4.23. The van der Waals surface area contributed by atoms with E-state index in [1.165, 1.54) is 12.1 Å². The first-order valence-electron chi connectivity index (χ1n) is 5.62. The maximum atomic E-state index is 13.1. The Kier molecular flexibility index (Phi) is 2.57. The second-order valence-electron chi connectivity index (χ2n) is 4.03. The Labute approximate surface area is 103 Å². The summed E-state index contributed by atoms with van der Waals surface area (Å²) >= 11 is 0. The molecule has 1 heterocycles. The van der Waals surface area contributed by atoms with Crippen LogP contribution in [0.2, 0.25) is 0 Å². The summed E-state index contributed by atoms with van der Waals surface area (Å²) in [7, 11) is 0. The molecule has 3 rings (SSSR count). The smallest absolute Gasteiger partial charge is 0.227 e. The molecule has 0 bridgehead atoms. The molecule has 4 heteroatoms. The van der Waals surface area contributed by atoms with Gasteiger partial charge in [0.2, 0.25) is 5.89 Å². The summed E-state index contributed by atoms with van der Waals surface area (Å²) in [5.41, 5.74) is 8.53. The monoisotopic (exact) mass is 242 g/mol. The van der Waals surface area contributed by atoms with Crippen LogP contribution in [0.15, 0.2) is 46.9 Å². The molecule has 0 aliphatic carbocycles. The molecule has 0 spiro atoms. The van der Waals surface area contributed by atoms with Crippen LogP contribution in [0.1, 0.15) is 5.56 Å². The van der Waals surface area contributed by atoms with Gasteiger partial charge < -0.3 is 10.2 Å². The SMILES string of the molecule is NCc1ccc(-c2nc3cc(F)ccc3o2)cc1. The van der Waals surface area contributed by atoms with Crippen LogP contribution in [0.25, 0.3) is 22.6 Å². The van der Waals surface area contributed by atoms with E-state index in [4.69, 9.17) is 10.2 Å². The fraction of sp³-hybridized carbons (Fsp3) is 0.0714. The lowest BCUT2D eigenvalue weighted by Crippen LogP contribution is -1.95. The minimum Gasteiger partial charge on any atom is -0.436 e. The summed E-state index contributed by atoms with van der Waals surface area (Å²) in [6.45, 7) is 0.499. The van der Waals surface area contributed by atoms with Crippen molar-refractivity contribution in [1.82, 2.24) is 4.98 Å². The van der Waals surface area contributed by atoms with Gasteiger partial charge in [0, 0.05) is 18.2 Å².